The molecule has 1 aliphatic rings. The lowest BCUT2D eigenvalue weighted by Crippen LogP contribution is -2.28. The molecule has 0 fully saturated rings. The standard InChI is InChI=1S/C14H16N2/c1-12-4-2-3-5-14(12)13-6-9-16(10-7-13)11-8-15/h2-6H,7,9-11H2,1H3. The van der Waals surface area contributed by atoms with E-state index in [1.165, 1.54) is 16.7 Å². The van der Waals surface area contributed by atoms with Crippen molar-refractivity contribution in [1.29, 1.82) is 5.26 Å². The van der Waals surface area contributed by atoms with E-state index in [0.717, 1.165) is 19.5 Å². The van der Waals surface area contributed by atoms with E-state index in [1.54, 1.807) is 0 Å². The Kier molecular flexibility index (Phi) is 3.38. The lowest BCUT2D eigenvalue weighted by molar-refractivity contribution is 0.338. The number of aryl methyl sites for hydroxylation is 1. The molecule has 16 heavy (non-hydrogen) atoms. The second kappa shape index (κ2) is 4.96. The van der Waals surface area contributed by atoms with Crippen LogP contribution in [0.2, 0.25) is 0 Å². The molecule has 0 radical (unpaired) electrons. The second-order valence-electron chi connectivity index (χ2n) is 4.19. The normalized spacial score (nSPS) is 16.6. The molecule has 1 aromatic rings. The topological polar surface area (TPSA) is 27.0 Å². The molecule has 0 bridgehead atoms. The molecule has 1 aromatic carbocycles. The average Bonchev–Trinajstić information content (AvgIpc) is 2.31. The molecule has 0 saturated carbocycles. The van der Waals surface area contributed by atoms with Gasteiger partial charge in [-0.1, -0.05) is 30.3 Å². The highest BCUT2D eigenvalue weighted by Gasteiger charge is 2.13. The molecule has 2 heteroatoms. The summed E-state index contributed by atoms with van der Waals surface area (Å²) < 4.78 is 0. The zero-order chi connectivity index (χ0) is 11.4. The Hall–Kier alpha value is -1.59. The van der Waals surface area contributed by atoms with E-state index in [-0.39, 0.29) is 0 Å². The molecule has 0 aromatic heterocycles. The Labute approximate surface area is 96.8 Å². The van der Waals surface area contributed by atoms with E-state index in [0.29, 0.717) is 6.54 Å². The summed E-state index contributed by atoms with van der Waals surface area (Å²) in [6.45, 7) is 4.58. The maximum absolute atomic E-state index is 8.63. The Balaban J connectivity index is 2.14. The highest BCUT2D eigenvalue weighted by atomic mass is 15.1. The van der Waals surface area contributed by atoms with Crippen LogP contribution in [0.25, 0.3) is 5.57 Å². The predicted octanol–water partition coefficient (Wildman–Crippen LogP) is 2.61. The molecular formula is C14H16N2. The highest BCUT2D eigenvalue weighted by molar-refractivity contribution is 5.69. The number of hydrogen-bond donors (Lipinski definition) is 0. The van der Waals surface area contributed by atoms with Crippen molar-refractivity contribution in [3.63, 3.8) is 0 Å². The van der Waals surface area contributed by atoms with Crippen LogP contribution in [0.3, 0.4) is 0 Å². The zero-order valence-electron chi connectivity index (χ0n) is 9.61. The van der Waals surface area contributed by atoms with Gasteiger partial charge < -0.3 is 0 Å². The van der Waals surface area contributed by atoms with E-state index < -0.39 is 0 Å². The fraction of sp³-hybridized carbons (Fsp3) is 0.357. The third-order valence-electron chi connectivity index (χ3n) is 3.08. The molecule has 0 amide bonds. The molecule has 0 N–H and O–H groups in total. The summed E-state index contributed by atoms with van der Waals surface area (Å²) in [6.07, 6.45) is 3.30. The Morgan fingerprint density at radius 3 is 2.81 bits per heavy atom. The molecule has 2 rings (SSSR count). The van der Waals surface area contributed by atoms with Crippen LogP contribution >= 0.6 is 0 Å². The van der Waals surface area contributed by atoms with E-state index in [2.05, 4.69) is 48.2 Å². The first-order valence-electron chi connectivity index (χ1n) is 5.65. The number of benzene rings is 1. The molecular weight excluding hydrogens is 196 g/mol. The maximum atomic E-state index is 8.63. The predicted molar refractivity (Wildman–Crippen MR) is 65.8 cm³/mol. The van der Waals surface area contributed by atoms with Gasteiger partial charge in [0.1, 0.15) is 0 Å². The third kappa shape index (κ3) is 2.32. The van der Waals surface area contributed by atoms with E-state index in [4.69, 9.17) is 5.26 Å². The third-order valence-corrected chi connectivity index (χ3v) is 3.08. The van der Waals surface area contributed by atoms with Crippen LogP contribution < -0.4 is 0 Å². The van der Waals surface area contributed by atoms with E-state index >= 15 is 0 Å². The molecule has 0 spiro atoms. The molecule has 0 atom stereocenters. The van der Waals surface area contributed by atoms with Crippen LogP contribution in [0.4, 0.5) is 0 Å². The largest absolute Gasteiger partial charge is 0.287 e. The minimum Gasteiger partial charge on any atom is -0.287 e. The van der Waals surface area contributed by atoms with Crippen LogP contribution in [0, 0.1) is 18.3 Å². The Morgan fingerprint density at radius 1 is 1.38 bits per heavy atom. The average molecular weight is 212 g/mol. The van der Waals surface area contributed by atoms with Crippen molar-refractivity contribution in [2.75, 3.05) is 19.6 Å². The van der Waals surface area contributed by atoms with Crippen LogP contribution in [-0.2, 0) is 0 Å². The van der Waals surface area contributed by atoms with Gasteiger partial charge in [0, 0.05) is 13.1 Å². The second-order valence-corrected chi connectivity index (χ2v) is 4.19. The smallest absolute Gasteiger partial charge is 0.0868 e. The molecule has 82 valence electrons. The number of rotatable bonds is 2. The minimum absolute atomic E-state index is 0.539. The van der Waals surface area contributed by atoms with Crippen molar-refractivity contribution in [3.05, 3.63) is 41.5 Å². The Morgan fingerprint density at radius 2 is 2.19 bits per heavy atom. The van der Waals surface area contributed by atoms with Crippen molar-refractivity contribution in [2.45, 2.75) is 13.3 Å². The zero-order valence-corrected chi connectivity index (χ0v) is 9.61. The SMILES string of the molecule is Cc1ccccc1C1=CCN(CC#N)CC1. The molecule has 1 aliphatic heterocycles. The van der Waals surface area contributed by atoms with Crippen molar-refractivity contribution in [2.24, 2.45) is 0 Å². The number of nitrogens with zero attached hydrogens (tertiary/aromatic N) is 2. The fourth-order valence-corrected chi connectivity index (χ4v) is 2.13. The monoisotopic (exact) mass is 212 g/mol. The van der Waals surface area contributed by atoms with Crippen LogP contribution in [0.15, 0.2) is 30.3 Å². The van der Waals surface area contributed by atoms with Gasteiger partial charge in [0.15, 0.2) is 0 Å². The lowest BCUT2D eigenvalue weighted by atomic mass is 9.96. The van der Waals surface area contributed by atoms with E-state index in [9.17, 15) is 0 Å². The fourth-order valence-electron chi connectivity index (χ4n) is 2.13. The maximum Gasteiger partial charge on any atom is 0.0868 e. The molecule has 0 saturated heterocycles. The van der Waals surface area contributed by atoms with Crippen molar-refractivity contribution >= 4 is 5.57 Å². The van der Waals surface area contributed by atoms with Gasteiger partial charge >= 0.3 is 0 Å². The van der Waals surface area contributed by atoms with Gasteiger partial charge in [0.25, 0.3) is 0 Å². The van der Waals surface area contributed by atoms with Crippen LogP contribution in [0.1, 0.15) is 17.5 Å². The van der Waals surface area contributed by atoms with Crippen LogP contribution in [-0.4, -0.2) is 24.5 Å². The summed E-state index contributed by atoms with van der Waals surface area (Å²) >= 11 is 0. The summed E-state index contributed by atoms with van der Waals surface area (Å²) in [5.41, 5.74) is 4.12. The first kappa shape index (κ1) is 10.9. The van der Waals surface area contributed by atoms with Gasteiger partial charge in [0.2, 0.25) is 0 Å². The minimum atomic E-state index is 0.539. The van der Waals surface area contributed by atoms with Gasteiger partial charge in [-0.25, -0.2) is 0 Å². The van der Waals surface area contributed by atoms with Gasteiger partial charge in [-0.15, -0.1) is 0 Å². The van der Waals surface area contributed by atoms with Gasteiger partial charge in [-0.05, 0) is 30.0 Å². The van der Waals surface area contributed by atoms with Gasteiger partial charge in [-0.2, -0.15) is 5.26 Å². The first-order chi connectivity index (χ1) is 7.81. The molecule has 0 aliphatic carbocycles. The van der Waals surface area contributed by atoms with Gasteiger partial charge in [0.05, 0.1) is 12.6 Å². The highest BCUT2D eigenvalue weighted by Crippen LogP contribution is 2.24. The summed E-state index contributed by atoms with van der Waals surface area (Å²) in [6, 6.07) is 10.7. The van der Waals surface area contributed by atoms with Crippen molar-refractivity contribution in [1.82, 2.24) is 4.90 Å². The Bertz CT molecular complexity index is 440. The van der Waals surface area contributed by atoms with Crippen molar-refractivity contribution in [3.8, 4) is 6.07 Å². The van der Waals surface area contributed by atoms with Crippen LogP contribution in [0.5, 0.6) is 0 Å². The summed E-state index contributed by atoms with van der Waals surface area (Å²) in [7, 11) is 0. The summed E-state index contributed by atoms with van der Waals surface area (Å²) in [5, 5.41) is 8.63. The molecule has 1 heterocycles. The first-order valence-corrected chi connectivity index (χ1v) is 5.65. The van der Waals surface area contributed by atoms with E-state index in [1.807, 2.05) is 0 Å². The lowest BCUT2D eigenvalue weighted by Gasteiger charge is -2.24. The molecule has 0 unspecified atom stereocenters. The quantitative estimate of drug-likeness (QED) is 0.705. The number of nitriles is 1. The number of hydrogen-bond acceptors (Lipinski definition) is 2. The summed E-state index contributed by atoms with van der Waals surface area (Å²) in [5.74, 6) is 0. The summed E-state index contributed by atoms with van der Waals surface area (Å²) in [4.78, 5) is 2.17. The van der Waals surface area contributed by atoms with Crippen molar-refractivity contribution < 1.29 is 0 Å². The van der Waals surface area contributed by atoms with Gasteiger partial charge in [-0.3, -0.25) is 4.90 Å². The molecule has 2 nitrogen and oxygen atoms in total.